The molecule has 0 unspecified atom stereocenters. The smallest absolute Gasteiger partial charge is 0.322 e. The van der Waals surface area contributed by atoms with Gasteiger partial charge in [-0.25, -0.2) is 4.79 Å². The van der Waals surface area contributed by atoms with Crippen LogP contribution < -0.4 is 10.6 Å². The van der Waals surface area contributed by atoms with E-state index in [1.165, 1.54) is 0 Å². The van der Waals surface area contributed by atoms with E-state index in [1.807, 2.05) is 0 Å². The van der Waals surface area contributed by atoms with Crippen LogP contribution in [0.15, 0.2) is 10.5 Å². The summed E-state index contributed by atoms with van der Waals surface area (Å²) >= 11 is 0. The zero-order valence-electron chi connectivity index (χ0n) is 8.80. The number of carbonyl (C=O) groups excluding carboxylic acids is 2. The van der Waals surface area contributed by atoms with Crippen LogP contribution in [0.3, 0.4) is 0 Å². The van der Waals surface area contributed by atoms with Crippen LogP contribution in [0.2, 0.25) is 0 Å². The van der Waals surface area contributed by atoms with E-state index >= 15 is 0 Å². The molecule has 0 radical (unpaired) electrons. The number of aryl methyl sites for hydroxylation is 2. The maximum atomic E-state index is 11.6. The first kappa shape index (κ1) is 9.76. The van der Waals surface area contributed by atoms with Gasteiger partial charge in [-0.3, -0.25) is 10.1 Å². The number of urea groups is 1. The van der Waals surface area contributed by atoms with Crippen LogP contribution in [-0.4, -0.2) is 11.9 Å². The lowest BCUT2D eigenvalue weighted by atomic mass is 9.92. The van der Waals surface area contributed by atoms with Crippen LogP contribution in [0, 0.1) is 13.8 Å². The summed E-state index contributed by atoms with van der Waals surface area (Å²) in [6.45, 7) is 5.23. The fourth-order valence-corrected chi connectivity index (χ4v) is 1.86. The molecule has 5 heteroatoms. The van der Waals surface area contributed by atoms with E-state index in [2.05, 4.69) is 10.6 Å². The molecule has 1 aliphatic heterocycles. The fourth-order valence-electron chi connectivity index (χ4n) is 1.86. The lowest BCUT2D eigenvalue weighted by molar-refractivity contribution is -0.123. The molecule has 2 heterocycles. The summed E-state index contributed by atoms with van der Waals surface area (Å²) in [5.74, 6) is 1.02. The number of hydrogen-bond donors (Lipinski definition) is 2. The first-order chi connectivity index (χ1) is 6.93. The summed E-state index contributed by atoms with van der Waals surface area (Å²) < 4.78 is 5.34. The number of rotatable bonds is 1. The number of furan rings is 1. The highest BCUT2D eigenvalue weighted by molar-refractivity contribution is 6.07. The van der Waals surface area contributed by atoms with Gasteiger partial charge in [0.1, 0.15) is 17.1 Å². The van der Waals surface area contributed by atoms with Crippen LogP contribution in [0.25, 0.3) is 0 Å². The van der Waals surface area contributed by atoms with Crippen LogP contribution in [-0.2, 0) is 10.3 Å². The normalized spacial score (nSPS) is 25.3. The van der Waals surface area contributed by atoms with Crippen molar-refractivity contribution in [3.8, 4) is 0 Å². The lowest BCUT2D eigenvalue weighted by Gasteiger charge is -2.19. The molecule has 1 saturated heterocycles. The molecule has 1 atom stereocenters. The predicted molar refractivity (Wildman–Crippen MR) is 52.2 cm³/mol. The Kier molecular flexibility index (Phi) is 1.86. The van der Waals surface area contributed by atoms with Crippen molar-refractivity contribution in [2.45, 2.75) is 26.3 Å². The zero-order valence-corrected chi connectivity index (χ0v) is 8.80. The highest BCUT2D eigenvalue weighted by Crippen LogP contribution is 2.29. The molecular formula is C10H12N2O3. The maximum Gasteiger partial charge on any atom is 0.322 e. The van der Waals surface area contributed by atoms with Crippen molar-refractivity contribution in [3.63, 3.8) is 0 Å². The van der Waals surface area contributed by atoms with Crippen molar-refractivity contribution < 1.29 is 14.0 Å². The minimum atomic E-state index is -1.01. The van der Waals surface area contributed by atoms with Gasteiger partial charge >= 0.3 is 6.03 Å². The Morgan fingerprint density at radius 3 is 2.40 bits per heavy atom. The van der Waals surface area contributed by atoms with Gasteiger partial charge in [0.25, 0.3) is 5.91 Å². The average Bonchev–Trinajstić information content (AvgIpc) is 2.55. The van der Waals surface area contributed by atoms with E-state index in [4.69, 9.17) is 4.42 Å². The molecule has 0 spiro atoms. The molecule has 2 N–H and O–H groups in total. The molecule has 0 bridgehead atoms. The molecule has 2 rings (SSSR count). The third kappa shape index (κ3) is 1.31. The number of carbonyl (C=O) groups is 2. The molecule has 0 aliphatic carbocycles. The Bertz CT molecular complexity index is 450. The molecule has 15 heavy (non-hydrogen) atoms. The Morgan fingerprint density at radius 2 is 2.00 bits per heavy atom. The summed E-state index contributed by atoms with van der Waals surface area (Å²) in [5, 5.41) is 4.80. The number of nitrogens with one attached hydrogen (secondary N) is 2. The van der Waals surface area contributed by atoms with Gasteiger partial charge in [-0.05, 0) is 26.8 Å². The van der Waals surface area contributed by atoms with Crippen molar-refractivity contribution in [3.05, 3.63) is 23.2 Å². The zero-order chi connectivity index (χ0) is 11.2. The molecule has 0 saturated carbocycles. The van der Waals surface area contributed by atoms with Gasteiger partial charge in [0.05, 0.1) is 0 Å². The van der Waals surface area contributed by atoms with Crippen molar-refractivity contribution in [2.24, 2.45) is 0 Å². The molecule has 3 amide bonds. The molecule has 1 aromatic heterocycles. The number of imide groups is 1. The monoisotopic (exact) mass is 208 g/mol. The SMILES string of the molecule is Cc1cc([C@@]2(C)NC(=O)NC2=O)c(C)o1. The van der Waals surface area contributed by atoms with Crippen LogP contribution >= 0.6 is 0 Å². The summed E-state index contributed by atoms with van der Waals surface area (Å²) in [6, 6.07) is 1.29. The van der Waals surface area contributed by atoms with Crippen molar-refractivity contribution in [2.75, 3.05) is 0 Å². The molecule has 1 aliphatic rings. The van der Waals surface area contributed by atoms with Crippen molar-refractivity contribution in [1.29, 1.82) is 0 Å². The quantitative estimate of drug-likeness (QED) is 0.675. The Balaban J connectivity index is 2.50. The minimum Gasteiger partial charge on any atom is -0.466 e. The molecule has 5 nitrogen and oxygen atoms in total. The highest BCUT2D eigenvalue weighted by Gasteiger charge is 2.45. The van der Waals surface area contributed by atoms with Gasteiger partial charge in [-0.15, -0.1) is 0 Å². The van der Waals surface area contributed by atoms with E-state index in [0.717, 1.165) is 5.76 Å². The number of hydrogen-bond acceptors (Lipinski definition) is 3. The summed E-state index contributed by atoms with van der Waals surface area (Å²) in [4.78, 5) is 22.7. The Hall–Kier alpha value is -1.78. The third-order valence-corrected chi connectivity index (χ3v) is 2.62. The summed E-state index contributed by atoms with van der Waals surface area (Å²) in [6.07, 6.45) is 0. The topological polar surface area (TPSA) is 71.3 Å². The number of amides is 3. The van der Waals surface area contributed by atoms with Crippen LogP contribution in [0.5, 0.6) is 0 Å². The second-order valence-electron chi connectivity index (χ2n) is 3.86. The minimum absolute atomic E-state index is 0.351. The largest absolute Gasteiger partial charge is 0.466 e. The van der Waals surface area contributed by atoms with E-state index < -0.39 is 11.6 Å². The highest BCUT2D eigenvalue weighted by atomic mass is 16.3. The molecule has 0 aromatic carbocycles. The second kappa shape index (κ2) is 2.85. The van der Waals surface area contributed by atoms with E-state index in [9.17, 15) is 9.59 Å². The van der Waals surface area contributed by atoms with Crippen LogP contribution in [0.1, 0.15) is 24.0 Å². The van der Waals surface area contributed by atoms with Gasteiger partial charge in [-0.2, -0.15) is 0 Å². The first-order valence-corrected chi connectivity index (χ1v) is 4.64. The molecule has 1 aromatic rings. The van der Waals surface area contributed by atoms with Gasteiger partial charge in [0.2, 0.25) is 0 Å². The molecule has 1 fully saturated rings. The van der Waals surface area contributed by atoms with Gasteiger partial charge in [0, 0.05) is 5.56 Å². The Labute approximate surface area is 86.8 Å². The van der Waals surface area contributed by atoms with Gasteiger partial charge < -0.3 is 9.73 Å². The lowest BCUT2D eigenvalue weighted by Crippen LogP contribution is -2.40. The predicted octanol–water partition coefficient (Wildman–Crippen LogP) is 0.951. The third-order valence-electron chi connectivity index (χ3n) is 2.62. The van der Waals surface area contributed by atoms with E-state index in [-0.39, 0.29) is 5.91 Å². The van der Waals surface area contributed by atoms with Crippen molar-refractivity contribution in [1.82, 2.24) is 10.6 Å². The molecule has 80 valence electrons. The standard InChI is InChI=1S/C10H12N2O3/c1-5-4-7(6(2)15-5)10(3)8(13)11-9(14)12-10/h4H,1-3H3,(H2,11,12,13,14)/t10-/m1/s1. The second-order valence-corrected chi connectivity index (χ2v) is 3.86. The van der Waals surface area contributed by atoms with Gasteiger partial charge in [-0.1, -0.05) is 0 Å². The van der Waals surface area contributed by atoms with Gasteiger partial charge in [0.15, 0.2) is 0 Å². The maximum absolute atomic E-state index is 11.6. The van der Waals surface area contributed by atoms with E-state index in [0.29, 0.717) is 11.3 Å². The first-order valence-electron chi connectivity index (χ1n) is 4.64. The fraction of sp³-hybridized carbons (Fsp3) is 0.400. The summed E-state index contributed by atoms with van der Waals surface area (Å²) in [7, 11) is 0. The van der Waals surface area contributed by atoms with E-state index in [1.54, 1.807) is 26.8 Å². The average molecular weight is 208 g/mol. The van der Waals surface area contributed by atoms with Crippen LogP contribution in [0.4, 0.5) is 4.79 Å². The Morgan fingerprint density at radius 1 is 1.33 bits per heavy atom. The molecular weight excluding hydrogens is 196 g/mol. The van der Waals surface area contributed by atoms with Crippen molar-refractivity contribution >= 4 is 11.9 Å². The summed E-state index contributed by atoms with van der Waals surface area (Å²) in [5.41, 5.74) is -0.317.